The predicted octanol–water partition coefficient (Wildman–Crippen LogP) is 2.55. The van der Waals surface area contributed by atoms with Gasteiger partial charge in [-0.25, -0.2) is 0 Å². The molecule has 20 heavy (non-hydrogen) atoms. The molecular weight excluding hydrogens is 268 g/mol. The topological polar surface area (TPSA) is 46.3 Å². The molecule has 0 aliphatic carbocycles. The fourth-order valence-corrected chi connectivity index (χ4v) is 2.53. The van der Waals surface area contributed by atoms with Gasteiger partial charge in [-0.15, -0.1) is 11.8 Å². The Kier molecular flexibility index (Phi) is 7.10. The average molecular weight is 294 g/mol. The molecule has 1 aromatic carbocycles. The van der Waals surface area contributed by atoms with Gasteiger partial charge in [0.15, 0.2) is 0 Å². The Morgan fingerprint density at radius 3 is 2.40 bits per heavy atom. The van der Waals surface area contributed by atoms with E-state index in [2.05, 4.69) is 32.9 Å². The van der Waals surface area contributed by atoms with Crippen LogP contribution in [0, 0.1) is 0 Å². The first-order valence-corrected chi connectivity index (χ1v) is 8.06. The highest BCUT2D eigenvalue weighted by molar-refractivity contribution is 8.01. The first-order chi connectivity index (χ1) is 9.42. The standard InChI is InChI=1S/C16H26N2OS/c1-16(2,3)20-13-15(19)18(12-10-17)11-9-14-7-5-4-6-8-14/h4-8H,9-13,17H2,1-3H3. The van der Waals surface area contributed by atoms with E-state index in [0.29, 0.717) is 18.8 Å². The van der Waals surface area contributed by atoms with Crippen LogP contribution in [0.5, 0.6) is 0 Å². The summed E-state index contributed by atoms with van der Waals surface area (Å²) >= 11 is 1.69. The van der Waals surface area contributed by atoms with Gasteiger partial charge in [0.05, 0.1) is 5.75 Å². The highest BCUT2D eigenvalue weighted by atomic mass is 32.2. The SMILES string of the molecule is CC(C)(C)SCC(=O)N(CCN)CCc1ccccc1. The number of carbonyl (C=O) groups excluding carboxylic acids is 1. The van der Waals surface area contributed by atoms with E-state index in [1.807, 2.05) is 23.1 Å². The molecule has 0 bridgehead atoms. The van der Waals surface area contributed by atoms with E-state index in [1.165, 1.54) is 5.56 Å². The highest BCUT2D eigenvalue weighted by Crippen LogP contribution is 2.23. The molecule has 0 radical (unpaired) electrons. The van der Waals surface area contributed by atoms with Gasteiger partial charge < -0.3 is 10.6 Å². The van der Waals surface area contributed by atoms with Crippen LogP contribution in [0.15, 0.2) is 30.3 Å². The lowest BCUT2D eigenvalue weighted by molar-refractivity contribution is -0.128. The van der Waals surface area contributed by atoms with Crippen molar-refractivity contribution in [2.45, 2.75) is 31.9 Å². The minimum atomic E-state index is 0.115. The minimum Gasteiger partial charge on any atom is -0.340 e. The summed E-state index contributed by atoms with van der Waals surface area (Å²) in [5.41, 5.74) is 6.87. The number of carbonyl (C=O) groups is 1. The number of benzene rings is 1. The van der Waals surface area contributed by atoms with Crippen LogP contribution in [0.3, 0.4) is 0 Å². The molecule has 1 rings (SSSR count). The Bertz CT molecular complexity index is 401. The summed E-state index contributed by atoms with van der Waals surface area (Å²) in [6, 6.07) is 10.2. The van der Waals surface area contributed by atoms with Gasteiger partial charge >= 0.3 is 0 Å². The van der Waals surface area contributed by atoms with Gasteiger partial charge in [0.25, 0.3) is 0 Å². The van der Waals surface area contributed by atoms with E-state index in [1.54, 1.807) is 11.8 Å². The summed E-state index contributed by atoms with van der Waals surface area (Å²) in [6.45, 7) is 8.27. The number of amides is 1. The van der Waals surface area contributed by atoms with Gasteiger partial charge in [0, 0.05) is 24.4 Å². The van der Waals surface area contributed by atoms with Gasteiger partial charge in [-0.3, -0.25) is 4.79 Å². The van der Waals surface area contributed by atoms with Gasteiger partial charge in [0.2, 0.25) is 5.91 Å². The van der Waals surface area contributed by atoms with E-state index < -0.39 is 0 Å². The normalized spacial score (nSPS) is 11.4. The molecule has 1 aromatic rings. The monoisotopic (exact) mass is 294 g/mol. The fourth-order valence-electron chi connectivity index (χ4n) is 1.80. The van der Waals surface area contributed by atoms with E-state index in [9.17, 15) is 4.79 Å². The van der Waals surface area contributed by atoms with Crippen LogP contribution in [-0.2, 0) is 11.2 Å². The Morgan fingerprint density at radius 2 is 1.85 bits per heavy atom. The number of nitrogens with two attached hydrogens (primary N) is 1. The third kappa shape index (κ3) is 6.96. The van der Waals surface area contributed by atoms with Gasteiger partial charge in [0.1, 0.15) is 0 Å². The third-order valence-corrected chi connectivity index (χ3v) is 4.15. The number of rotatable bonds is 7. The highest BCUT2D eigenvalue weighted by Gasteiger charge is 2.17. The van der Waals surface area contributed by atoms with E-state index in [-0.39, 0.29) is 10.7 Å². The number of thioether (sulfide) groups is 1. The summed E-state index contributed by atoms with van der Waals surface area (Å²) in [5, 5.41) is 0. The van der Waals surface area contributed by atoms with Crippen LogP contribution >= 0.6 is 11.8 Å². The summed E-state index contributed by atoms with van der Waals surface area (Å²) in [7, 11) is 0. The molecule has 112 valence electrons. The van der Waals surface area contributed by atoms with Gasteiger partial charge in [-0.1, -0.05) is 51.1 Å². The van der Waals surface area contributed by atoms with Crippen LogP contribution in [0.25, 0.3) is 0 Å². The Morgan fingerprint density at radius 1 is 1.20 bits per heavy atom. The molecule has 1 amide bonds. The lowest BCUT2D eigenvalue weighted by Crippen LogP contribution is -2.38. The van der Waals surface area contributed by atoms with Crippen molar-refractivity contribution in [3.63, 3.8) is 0 Å². The Labute approximate surface area is 126 Å². The summed E-state index contributed by atoms with van der Waals surface area (Å²) in [6.07, 6.45) is 0.882. The minimum absolute atomic E-state index is 0.115. The molecule has 0 spiro atoms. The van der Waals surface area contributed by atoms with Crippen LogP contribution in [0.4, 0.5) is 0 Å². The zero-order valence-corrected chi connectivity index (χ0v) is 13.6. The molecule has 0 saturated carbocycles. The maximum absolute atomic E-state index is 12.3. The molecule has 0 unspecified atom stereocenters. The lowest BCUT2D eigenvalue weighted by atomic mass is 10.1. The smallest absolute Gasteiger partial charge is 0.232 e. The van der Waals surface area contributed by atoms with Crippen molar-refractivity contribution in [3.05, 3.63) is 35.9 Å². The zero-order valence-electron chi connectivity index (χ0n) is 12.8. The maximum Gasteiger partial charge on any atom is 0.232 e. The first kappa shape index (κ1) is 17.1. The molecular formula is C16H26N2OS. The van der Waals surface area contributed by atoms with Crippen LogP contribution in [0.2, 0.25) is 0 Å². The van der Waals surface area contributed by atoms with Gasteiger partial charge in [-0.2, -0.15) is 0 Å². The Balaban J connectivity index is 2.49. The molecule has 0 aliphatic rings. The maximum atomic E-state index is 12.3. The van der Waals surface area contributed by atoms with Crippen molar-refractivity contribution in [3.8, 4) is 0 Å². The van der Waals surface area contributed by atoms with Crippen molar-refractivity contribution < 1.29 is 4.79 Å². The van der Waals surface area contributed by atoms with Crippen LogP contribution < -0.4 is 5.73 Å². The second-order valence-corrected chi connectivity index (χ2v) is 7.61. The van der Waals surface area contributed by atoms with E-state index in [4.69, 9.17) is 5.73 Å². The van der Waals surface area contributed by atoms with E-state index in [0.717, 1.165) is 13.0 Å². The molecule has 0 fully saturated rings. The molecule has 0 saturated heterocycles. The van der Waals surface area contributed by atoms with E-state index >= 15 is 0 Å². The van der Waals surface area contributed by atoms with Crippen molar-refractivity contribution >= 4 is 17.7 Å². The molecule has 3 nitrogen and oxygen atoms in total. The fraction of sp³-hybridized carbons (Fsp3) is 0.562. The predicted molar refractivity (Wildman–Crippen MR) is 88.0 cm³/mol. The van der Waals surface area contributed by atoms with Gasteiger partial charge in [-0.05, 0) is 12.0 Å². The largest absolute Gasteiger partial charge is 0.340 e. The Hall–Kier alpha value is -1.00. The average Bonchev–Trinajstić information content (AvgIpc) is 2.41. The summed E-state index contributed by atoms with van der Waals surface area (Å²) < 4.78 is 0.115. The lowest BCUT2D eigenvalue weighted by Gasteiger charge is -2.24. The first-order valence-electron chi connectivity index (χ1n) is 7.08. The number of hydrogen-bond donors (Lipinski definition) is 1. The molecule has 0 aromatic heterocycles. The second kappa shape index (κ2) is 8.32. The van der Waals surface area contributed by atoms with Crippen molar-refractivity contribution in [1.82, 2.24) is 4.90 Å². The molecule has 4 heteroatoms. The van der Waals surface area contributed by atoms with Crippen molar-refractivity contribution in [2.75, 3.05) is 25.4 Å². The van der Waals surface area contributed by atoms with Crippen LogP contribution in [-0.4, -0.2) is 40.9 Å². The van der Waals surface area contributed by atoms with Crippen LogP contribution in [0.1, 0.15) is 26.3 Å². The third-order valence-electron chi connectivity index (χ3n) is 2.89. The second-order valence-electron chi connectivity index (χ2n) is 5.81. The molecule has 0 aliphatic heterocycles. The van der Waals surface area contributed by atoms with Crippen molar-refractivity contribution in [2.24, 2.45) is 5.73 Å². The quantitative estimate of drug-likeness (QED) is 0.840. The molecule has 2 N–H and O–H groups in total. The number of nitrogens with zero attached hydrogens (tertiary/aromatic N) is 1. The summed E-state index contributed by atoms with van der Waals surface area (Å²) in [4.78, 5) is 14.1. The zero-order chi connectivity index (χ0) is 15.0. The number of hydrogen-bond acceptors (Lipinski definition) is 3. The van der Waals surface area contributed by atoms with Crippen molar-refractivity contribution in [1.29, 1.82) is 0 Å². The molecule has 0 heterocycles. The molecule has 0 atom stereocenters. The summed E-state index contributed by atoms with van der Waals surface area (Å²) in [5.74, 6) is 0.712.